The van der Waals surface area contributed by atoms with Crippen LogP contribution in [-0.2, 0) is 0 Å². The van der Waals surface area contributed by atoms with Crippen LogP contribution in [0.15, 0.2) is 24.3 Å². The number of phenols is 1. The fourth-order valence-corrected chi connectivity index (χ4v) is 1.56. The molecule has 0 radical (unpaired) electrons. The molecule has 2 aromatic rings. The van der Waals surface area contributed by atoms with Gasteiger partial charge < -0.3 is 5.11 Å². The molecule has 0 saturated heterocycles. The number of benzene rings is 1. The van der Waals surface area contributed by atoms with E-state index in [1.54, 1.807) is 12.1 Å². The van der Waals surface area contributed by atoms with Gasteiger partial charge in [-0.2, -0.15) is 0 Å². The predicted octanol–water partition coefficient (Wildman–Crippen LogP) is 3.14. The quantitative estimate of drug-likeness (QED) is 0.783. The lowest BCUT2D eigenvalue weighted by Gasteiger charge is -2.03. The lowest BCUT2D eigenvalue weighted by Crippen LogP contribution is -1.86. The third-order valence-corrected chi connectivity index (χ3v) is 2.13. The topological polar surface area (TPSA) is 33.1 Å². The number of aromatic nitrogens is 1. The monoisotopic (exact) mass is 253 g/mol. The first kappa shape index (κ1) is 11.0. The average Bonchev–Trinajstić information content (AvgIpc) is 2.02. The van der Waals surface area contributed by atoms with Crippen molar-refractivity contribution in [2.75, 3.05) is 0 Å². The summed E-state index contributed by atoms with van der Waals surface area (Å²) < 4.78 is 0. The van der Waals surface area contributed by atoms with Gasteiger partial charge in [-0.25, -0.2) is 0 Å². The fraction of sp³-hybridized carbons (Fsp3) is 0.182. The molecule has 0 bridgehead atoms. The summed E-state index contributed by atoms with van der Waals surface area (Å²) in [4.78, 5) is 4.34. The normalized spacial score (nSPS) is 9.86. The summed E-state index contributed by atoms with van der Waals surface area (Å²) in [5.74, 6) is 0.269. The van der Waals surface area contributed by atoms with Crippen molar-refractivity contribution in [2.24, 2.45) is 0 Å². The van der Waals surface area contributed by atoms with E-state index in [2.05, 4.69) is 4.98 Å². The summed E-state index contributed by atoms with van der Waals surface area (Å²) in [6.45, 7) is 4.00. The molecular weight excluding hydrogens is 242 g/mol. The van der Waals surface area contributed by atoms with Crippen LogP contribution in [0.5, 0.6) is 5.75 Å². The number of nitrogens with zero attached hydrogens (tertiary/aromatic N) is 1. The van der Waals surface area contributed by atoms with Gasteiger partial charge in [-0.15, -0.1) is 17.0 Å². The van der Waals surface area contributed by atoms with Gasteiger partial charge in [0.2, 0.25) is 0 Å². The van der Waals surface area contributed by atoms with E-state index >= 15 is 0 Å². The Balaban J connectivity index is 0.000000980. The number of aromatic hydroxyl groups is 1. The predicted molar refractivity (Wildman–Crippen MR) is 63.2 cm³/mol. The number of aryl methyl sites for hydroxylation is 2. The molecule has 0 saturated carbocycles. The Morgan fingerprint density at radius 3 is 2.57 bits per heavy atom. The van der Waals surface area contributed by atoms with Crippen molar-refractivity contribution >= 4 is 27.9 Å². The molecule has 0 amide bonds. The van der Waals surface area contributed by atoms with Crippen molar-refractivity contribution in [3.63, 3.8) is 0 Å². The van der Waals surface area contributed by atoms with Crippen molar-refractivity contribution in [1.82, 2.24) is 4.98 Å². The highest BCUT2D eigenvalue weighted by molar-refractivity contribution is 8.93. The van der Waals surface area contributed by atoms with Crippen molar-refractivity contribution in [3.05, 3.63) is 35.5 Å². The summed E-state index contributed by atoms with van der Waals surface area (Å²) in [6, 6.07) is 7.31. The maximum atomic E-state index is 9.27. The molecule has 1 heterocycles. The Hall–Kier alpha value is -1.09. The van der Waals surface area contributed by atoms with Crippen molar-refractivity contribution in [3.8, 4) is 5.75 Å². The van der Waals surface area contributed by atoms with Crippen LogP contribution in [0.2, 0.25) is 0 Å². The van der Waals surface area contributed by atoms with Gasteiger partial charge in [0.05, 0.1) is 5.52 Å². The first-order chi connectivity index (χ1) is 6.16. The summed E-state index contributed by atoms with van der Waals surface area (Å²) in [5, 5.41) is 10.4. The molecule has 0 unspecified atom stereocenters. The van der Waals surface area contributed by atoms with Crippen LogP contribution in [0.4, 0.5) is 0 Å². The highest BCUT2D eigenvalue weighted by atomic mass is 79.9. The molecule has 3 heteroatoms. The average molecular weight is 254 g/mol. The second kappa shape index (κ2) is 3.96. The number of halogens is 1. The SMILES string of the molecule is Br.Cc1cc(C)c2ccc(O)cc2n1. The fourth-order valence-electron chi connectivity index (χ4n) is 1.56. The Kier molecular flexibility index (Phi) is 3.11. The minimum absolute atomic E-state index is 0. The second-order valence-electron chi connectivity index (χ2n) is 3.28. The molecule has 1 aromatic heterocycles. The maximum Gasteiger partial charge on any atom is 0.117 e. The van der Waals surface area contributed by atoms with Crippen LogP contribution in [0.25, 0.3) is 10.9 Å². The molecule has 0 aliphatic heterocycles. The number of rotatable bonds is 0. The van der Waals surface area contributed by atoms with Crippen LogP contribution in [-0.4, -0.2) is 10.1 Å². The number of hydrogen-bond donors (Lipinski definition) is 1. The van der Waals surface area contributed by atoms with Crippen LogP contribution in [0, 0.1) is 13.8 Å². The molecule has 1 aromatic carbocycles. The smallest absolute Gasteiger partial charge is 0.117 e. The molecule has 74 valence electrons. The van der Waals surface area contributed by atoms with Crippen LogP contribution >= 0.6 is 17.0 Å². The van der Waals surface area contributed by atoms with Crippen molar-refractivity contribution in [2.45, 2.75) is 13.8 Å². The Bertz CT molecular complexity index is 463. The van der Waals surface area contributed by atoms with Gasteiger partial charge in [0.15, 0.2) is 0 Å². The molecule has 0 fully saturated rings. The molecular formula is C11H12BrNO. The lowest BCUT2D eigenvalue weighted by atomic mass is 10.1. The van der Waals surface area contributed by atoms with E-state index < -0.39 is 0 Å². The number of phenolic OH excluding ortho intramolecular Hbond substituents is 1. The van der Waals surface area contributed by atoms with Crippen LogP contribution in [0.1, 0.15) is 11.3 Å². The van der Waals surface area contributed by atoms with Gasteiger partial charge in [-0.3, -0.25) is 4.98 Å². The summed E-state index contributed by atoms with van der Waals surface area (Å²) >= 11 is 0. The minimum atomic E-state index is 0. The zero-order valence-electron chi connectivity index (χ0n) is 8.11. The second-order valence-corrected chi connectivity index (χ2v) is 3.28. The first-order valence-corrected chi connectivity index (χ1v) is 4.24. The van der Waals surface area contributed by atoms with Crippen molar-refractivity contribution in [1.29, 1.82) is 0 Å². The van der Waals surface area contributed by atoms with E-state index in [0.29, 0.717) is 0 Å². The first-order valence-electron chi connectivity index (χ1n) is 4.24. The molecule has 14 heavy (non-hydrogen) atoms. The van der Waals surface area contributed by atoms with E-state index in [0.717, 1.165) is 16.6 Å². The lowest BCUT2D eigenvalue weighted by molar-refractivity contribution is 0.476. The zero-order valence-corrected chi connectivity index (χ0v) is 9.83. The molecule has 0 aliphatic rings. The van der Waals surface area contributed by atoms with E-state index in [1.165, 1.54) is 5.56 Å². The summed E-state index contributed by atoms with van der Waals surface area (Å²) in [7, 11) is 0. The molecule has 0 spiro atoms. The number of hydrogen-bond acceptors (Lipinski definition) is 2. The van der Waals surface area contributed by atoms with Gasteiger partial charge in [-0.05, 0) is 37.6 Å². The van der Waals surface area contributed by atoms with Gasteiger partial charge in [0.1, 0.15) is 5.75 Å². The maximum absolute atomic E-state index is 9.27. The van der Waals surface area contributed by atoms with Crippen LogP contribution in [0.3, 0.4) is 0 Å². The van der Waals surface area contributed by atoms with Gasteiger partial charge in [0.25, 0.3) is 0 Å². The van der Waals surface area contributed by atoms with Crippen LogP contribution < -0.4 is 0 Å². The van der Waals surface area contributed by atoms with E-state index in [1.807, 2.05) is 26.0 Å². The van der Waals surface area contributed by atoms with E-state index in [9.17, 15) is 5.11 Å². The number of fused-ring (bicyclic) bond motifs is 1. The molecule has 0 aliphatic carbocycles. The summed E-state index contributed by atoms with van der Waals surface area (Å²) in [6.07, 6.45) is 0. The zero-order chi connectivity index (χ0) is 9.42. The van der Waals surface area contributed by atoms with E-state index in [-0.39, 0.29) is 22.7 Å². The van der Waals surface area contributed by atoms with Crippen molar-refractivity contribution < 1.29 is 5.11 Å². The van der Waals surface area contributed by atoms with Gasteiger partial charge >= 0.3 is 0 Å². The standard InChI is InChI=1S/C11H11NO.BrH/c1-7-5-8(2)12-11-6-9(13)3-4-10(7)11;/h3-6,13H,1-2H3;1H. The Morgan fingerprint density at radius 1 is 1.14 bits per heavy atom. The van der Waals surface area contributed by atoms with E-state index in [4.69, 9.17) is 0 Å². The van der Waals surface area contributed by atoms with Gasteiger partial charge in [-0.1, -0.05) is 0 Å². The largest absolute Gasteiger partial charge is 0.508 e. The highest BCUT2D eigenvalue weighted by Crippen LogP contribution is 2.21. The molecule has 2 rings (SSSR count). The van der Waals surface area contributed by atoms with Gasteiger partial charge in [0, 0.05) is 17.1 Å². The number of pyridine rings is 1. The Labute approximate surface area is 93.4 Å². The highest BCUT2D eigenvalue weighted by Gasteiger charge is 2.00. The molecule has 0 atom stereocenters. The Morgan fingerprint density at radius 2 is 1.86 bits per heavy atom. The minimum Gasteiger partial charge on any atom is -0.508 e. The summed E-state index contributed by atoms with van der Waals surface area (Å²) in [5.41, 5.74) is 3.04. The third-order valence-electron chi connectivity index (χ3n) is 2.13. The molecule has 2 nitrogen and oxygen atoms in total. The third kappa shape index (κ3) is 1.87. The molecule has 1 N–H and O–H groups in total.